The van der Waals surface area contributed by atoms with Crippen molar-refractivity contribution in [1.29, 1.82) is 0 Å². The van der Waals surface area contributed by atoms with Gasteiger partial charge in [0.15, 0.2) is 0 Å². The fourth-order valence-corrected chi connectivity index (χ4v) is 4.35. The summed E-state index contributed by atoms with van der Waals surface area (Å²) in [5.41, 5.74) is 3.79. The molecule has 1 aromatic heterocycles. The lowest BCUT2D eigenvalue weighted by atomic mass is 9.90. The largest absolute Gasteiger partial charge is 0.324 e. The topological polar surface area (TPSA) is 42.0 Å². The van der Waals surface area contributed by atoms with Crippen LogP contribution in [0.2, 0.25) is 0 Å². The molecular formula is C27H30N2O. The van der Waals surface area contributed by atoms with Gasteiger partial charge in [-0.25, -0.2) is 0 Å². The van der Waals surface area contributed by atoms with E-state index in [-0.39, 0.29) is 5.91 Å². The maximum Gasteiger partial charge on any atom is 0.228 e. The second kappa shape index (κ2) is 10.2. The molecule has 4 rings (SSSR count). The number of amides is 1. The molecule has 3 nitrogen and oxygen atoms in total. The molecule has 2 aromatic carbocycles. The number of anilines is 1. The van der Waals surface area contributed by atoms with Gasteiger partial charge in [0.25, 0.3) is 0 Å². The van der Waals surface area contributed by atoms with E-state index in [1.165, 1.54) is 44.9 Å². The highest BCUT2D eigenvalue weighted by Crippen LogP contribution is 2.25. The summed E-state index contributed by atoms with van der Waals surface area (Å²) in [5, 5.41) is 4.08. The molecule has 1 heterocycles. The monoisotopic (exact) mass is 398 g/mol. The van der Waals surface area contributed by atoms with Crippen molar-refractivity contribution in [2.75, 3.05) is 5.32 Å². The van der Waals surface area contributed by atoms with E-state index in [1.54, 1.807) is 6.20 Å². The average molecular weight is 399 g/mol. The summed E-state index contributed by atoms with van der Waals surface area (Å²) < 4.78 is 0. The Hall–Kier alpha value is -2.94. The minimum atomic E-state index is -0.0139. The van der Waals surface area contributed by atoms with Gasteiger partial charge in [0, 0.05) is 11.6 Å². The standard InChI is InChI=1S/C27H30N2O/c30-26(29-25-16-8-14-23-15-9-19-28-27(23)25)20-24-13-7-6-12-22(24)18-17-21-10-4-2-1-3-5-11-21/h6-9,12-19,21H,1-5,10-11,20H2,(H,29,30)/b18-17+. The van der Waals surface area contributed by atoms with Crippen LogP contribution in [0.3, 0.4) is 0 Å². The first-order valence-electron chi connectivity index (χ1n) is 11.2. The van der Waals surface area contributed by atoms with Crippen LogP contribution in [0.4, 0.5) is 5.69 Å². The van der Waals surface area contributed by atoms with E-state index in [0.29, 0.717) is 12.3 Å². The summed E-state index contributed by atoms with van der Waals surface area (Å²) in [6.07, 6.45) is 16.1. The van der Waals surface area contributed by atoms with E-state index in [9.17, 15) is 4.79 Å². The highest BCUT2D eigenvalue weighted by Gasteiger charge is 2.11. The van der Waals surface area contributed by atoms with Crippen LogP contribution in [0.15, 0.2) is 66.9 Å². The van der Waals surface area contributed by atoms with Crippen LogP contribution < -0.4 is 5.32 Å². The second-order valence-corrected chi connectivity index (χ2v) is 8.27. The van der Waals surface area contributed by atoms with Crippen molar-refractivity contribution in [3.63, 3.8) is 0 Å². The molecule has 0 aliphatic heterocycles. The Morgan fingerprint density at radius 2 is 1.70 bits per heavy atom. The van der Waals surface area contributed by atoms with E-state index in [1.807, 2.05) is 42.5 Å². The predicted molar refractivity (Wildman–Crippen MR) is 125 cm³/mol. The number of hydrogen-bond acceptors (Lipinski definition) is 2. The van der Waals surface area contributed by atoms with Crippen LogP contribution in [-0.4, -0.2) is 10.9 Å². The van der Waals surface area contributed by atoms with Crippen molar-refractivity contribution in [2.24, 2.45) is 5.92 Å². The number of hydrogen-bond donors (Lipinski definition) is 1. The van der Waals surface area contributed by atoms with Gasteiger partial charge in [-0.05, 0) is 42.0 Å². The third-order valence-corrected chi connectivity index (χ3v) is 6.01. The molecule has 0 atom stereocenters. The van der Waals surface area contributed by atoms with Crippen LogP contribution >= 0.6 is 0 Å². The number of carbonyl (C=O) groups is 1. The predicted octanol–water partition coefficient (Wildman–Crippen LogP) is 6.79. The fraction of sp³-hybridized carbons (Fsp3) is 0.333. The number of nitrogens with one attached hydrogen (secondary N) is 1. The molecular weight excluding hydrogens is 368 g/mol. The number of benzene rings is 2. The van der Waals surface area contributed by atoms with Crippen molar-refractivity contribution in [2.45, 2.75) is 51.4 Å². The number of para-hydroxylation sites is 1. The lowest BCUT2D eigenvalue weighted by Gasteiger charge is -2.16. The van der Waals surface area contributed by atoms with Crippen molar-refractivity contribution >= 4 is 28.6 Å². The first-order valence-corrected chi connectivity index (χ1v) is 11.2. The second-order valence-electron chi connectivity index (χ2n) is 8.27. The smallest absolute Gasteiger partial charge is 0.228 e. The van der Waals surface area contributed by atoms with Crippen LogP contribution in [0.1, 0.15) is 56.1 Å². The van der Waals surface area contributed by atoms with Gasteiger partial charge in [-0.15, -0.1) is 0 Å². The molecule has 1 N–H and O–H groups in total. The molecule has 1 saturated carbocycles. The quantitative estimate of drug-likeness (QED) is 0.514. The van der Waals surface area contributed by atoms with Crippen LogP contribution in [0, 0.1) is 5.92 Å². The summed E-state index contributed by atoms with van der Waals surface area (Å²) in [6.45, 7) is 0. The third-order valence-electron chi connectivity index (χ3n) is 6.01. The summed E-state index contributed by atoms with van der Waals surface area (Å²) in [7, 11) is 0. The van der Waals surface area contributed by atoms with Crippen molar-refractivity contribution in [3.8, 4) is 0 Å². The lowest BCUT2D eigenvalue weighted by Crippen LogP contribution is -2.15. The van der Waals surface area contributed by atoms with Gasteiger partial charge in [0.1, 0.15) is 0 Å². The summed E-state index contributed by atoms with van der Waals surface area (Å²) >= 11 is 0. The van der Waals surface area contributed by atoms with E-state index in [0.717, 1.165) is 27.7 Å². The zero-order valence-electron chi connectivity index (χ0n) is 17.5. The molecule has 1 amide bonds. The maximum atomic E-state index is 12.8. The van der Waals surface area contributed by atoms with Crippen LogP contribution in [-0.2, 0) is 11.2 Å². The molecule has 0 saturated heterocycles. The Labute approximate surface area is 179 Å². The first kappa shape index (κ1) is 20.3. The molecule has 154 valence electrons. The summed E-state index contributed by atoms with van der Waals surface area (Å²) in [4.78, 5) is 17.2. The normalized spacial score (nSPS) is 15.7. The van der Waals surface area contributed by atoms with Crippen LogP contribution in [0.25, 0.3) is 17.0 Å². The highest BCUT2D eigenvalue weighted by atomic mass is 16.1. The SMILES string of the molecule is O=C(Cc1ccccc1/C=C/C1CCCCCCC1)Nc1cccc2cccnc12. The lowest BCUT2D eigenvalue weighted by molar-refractivity contribution is -0.115. The Balaban J connectivity index is 1.45. The number of aromatic nitrogens is 1. The van der Waals surface area contributed by atoms with E-state index in [2.05, 4.69) is 34.6 Å². The van der Waals surface area contributed by atoms with Gasteiger partial charge in [-0.1, -0.05) is 86.7 Å². The van der Waals surface area contributed by atoms with Gasteiger partial charge >= 0.3 is 0 Å². The van der Waals surface area contributed by atoms with E-state index >= 15 is 0 Å². The zero-order chi connectivity index (χ0) is 20.6. The third kappa shape index (κ3) is 5.35. The van der Waals surface area contributed by atoms with Crippen LogP contribution in [0.5, 0.6) is 0 Å². The maximum absolute atomic E-state index is 12.8. The number of rotatable bonds is 5. The fourth-order valence-electron chi connectivity index (χ4n) is 4.35. The minimum Gasteiger partial charge on any atom is -0.324 e. The number of pyridine rings is 1. The van der Waals surface area contributed by atoms with Gasteiger partial charge in [0.2, 0.25) is 5.91 Å². The number of fused-ring (bicyclic) bond motifs is 1. The molecule has 3 heteroatoms. The molecule has 0 radical (unpaired) electrons. The Morgan fingerprint density at radius 3 is 2.57 bits per heavy atom. The van der Waals surface area contributed by atoms with E-state index < -0.39 is 0 Å². The molecule has 30 heavy (non-hydrogen) atoms. The van der Waals surface area contributed by atoms with Gasteiger partial charge in [-0.3, -0.25) is 9.78 Å². The van der Waals surface area contributed by atoms with Crippen molar-refractivity contribution < 1.29 is 4.79 Å². The van der Waals surface area contributed by atoms with E-state index in [4.69, 9.17) is 0 Å². The molecule has 3 aromatic rings. The zero-order valence-corrected chi connectivity index (χ0v) is 17.5. The first-order chi connectivity index (χ1) is 14.8. The van der Waals surface area contributed by atoms with Gasteiger partial charge in [0.05, 0.1) is 17.6 Å². The number of carbonyl (C=O) groups excluding carboxylic acids is 1. The summed E-state index contributed by atoms with van der Waals surface area (Å²) in [5.74, 6) is 0.647. The minimum absolute atomic E-state index is 0.0139. The molecule has 1 aliphatic rings. The molecule has 1 fully saturated rings. The molecule has 1 aliphatic carbocycles. The Kier molecular flexibility index (Phi) is 6.91. The van der Waals surface area contributed by atoms with Crippen molar-refractivity contribution in [1.82, 2.24) is 4.98 Å². The summed E-state index contributed by atoms with van der Waals surface area (Å²) in [6, 6.07) is 18.0. The molecule has 0 spiro atoms. The number of allylic oxidation sites excluding steroid dienone is 1. The molecule has 0 unspecified atom stereocenters. The highest BCUT2D eigenvalue weighted by molar-refractivity contribution is 6.01. The number of nitrogens with zero attached hydrogens (tertiary/aromatic N) is 1. The van der Waals surface area contributed by atoms with Crippen molar-refractivity contribution in [3.05, 3.63) is 78.0 Å². The van der Waals surface area contributed by atoms with Gasteiger partial charge < -0.3 is 5.32 Å². The Morgan fingerprint density at radius 1 is 0.933 bits per heavy atom. The molecule has 0 bridgehead atoms. The van der Waals surface area contributed by atoms with Gasteiger partial charge in [-0.2, -0.15) is 0 Å². The Bertz CT molecular complexity index is 1010. The average Bonchev–Trinajstić information content (AvgIpc) is 2.74.